The zero-order chi connectivity index (χ0) is 11.9. The SMILES string of the molecule is Cc1nc2cc(N(C)C)ccn2c1C(=O)O. The molecule has 2 aromatic heterocycles. The third kappa shape index (κ3) is 1.50. The number of anilines is 1. The van der Waals surface area contributed by atoms with Gasteiger partial charge in [-0.1, -0.05) is 0 Å². The Kier molecular flexibility index (Phi) is 2.30. The molecule has 0 aromatic carbocycles. The van der Waals surface area contributed by atoms with E-state index in [1.807, 2.05) is 31.1 Å². The van der Waals surface area contributed by atoms with Crippen molar-refractivity contribution < 1.29 is 9.90 Å². The number of aryl methyl sites for hydroxylation is 1. The summed E-state index contributed by atoms with van der Waals surface area (Å²) in [4.78, 5) is 17.2. The summed E-state index contributed by atoms with van der Waals surface area (Å²) in [6.45, 7) is 1.70. The van der Waals surface area contributed by atoms with Crippen LogP contribution in [0.15, 0.2) is 18.3 Å². The molecule has 0 aliphatic heterocycles. The average Bonchev–Trinajstić information content (AvgIpc) is 2.51. The molecular weight excluding hydrogens is 206 g/mol. The molecule has 0 fully saturated rings. The molecule has 0 bridgehead atoms. The van der Waals surface area contributed by atoms with Crippen LogP contribution in [0.2, 0.25) is 0 Å². The Morgan fingerprint density at radius 1 is 1.50 bits per heavy atom. The quantitative estimate of drug-likeness (QED) is 0.829. The van der Waals surface area contributed by atoms with E-state index < -0.39 is 5.97 Å². The van der Waals surface area contributed by atoms with Gasteiger partial charge < -0.3 is 10.0 Å². The predicted octanol–water partition coefficient (Wildman–Crippen LogP) is 1.41. The minimum atomic E-state index is -0.956. The minimum Gasteiger partial charge on any atom is -0.477 e. The third-order valence-electron chi connectivity index (χ3n) is 2.50. The first-order valence-corrected chi connectivity index (χ1v) is 4.90. The van der Waals surface area contributed by atoms with Gasteiger partial charge in [-0.15, -0.1) is 0 Å². The van der Waals surface area contributed by atoms with Crippen LogP contribution in [0.25, 0.3) is 5.65 Å². The molecule has 0 aliphatic rings. The van der Waals surface area contributed by atoms with Crippen LogP contribution < -0.4 is 4.90 Å². The number of carboxylic acids is 1. The Hall–Kier alpha value is -2.04. The molecule has 16 heavy (non-hydrogen) atoms. The fourth-order valence-corrected chi connectivity index (χ4v) is 1.69. The summed E-state index contributed by atoms with van der Waals surface area (Å²) < 4.78 is 1.59. The van der Waals surface area contributed by atoms with E-state index >= 15 is 0 Å². The van der Waals surface area contributed by atoms with E-state index in [0.717, 1.165) is 5.69 Å². The lowest BCUT2D eigenvalue weighted by Gasteiger charge is -2.11. The van der Waals surface area contributed by atoms with Crippen LogP contribution in [0.5, 0.6) is 0 Å². The van der Waals surface area contributed by atoms with Gasteiger partial charge in [0.15, 0.2) is 5.69 Å². The lowest BCUT2D eigenvalue weighted by Crippen LogP contribution is -2.09. The number of imidazole rings is 1. The number of hydrogen-bond acceptors (Lipinski definition) is 3. The maximum absolute atomic E-state index is 11.0. The van der Waals surface area contributed by atoms with Crippen LogP contribution in [0, 0.1) is 6.92 Å². The Balaban J connectivity index is 2.70. The molecule has 0 spiro atoms. The number of carboxylic acid groups (broad SMARTS) is 1. The number of aromatic carboxylic acids is 1. The largest absolute Gasteiger partial charge is 0.477 e. The van der Waals surface area contributed by atoms with E-state index in [2.05, 4.69) is 4.98 Å². The molecule has 5 heteroatoms. The van der Waals surface area contributed by atoms with E-state index in [1.165, 1.54) is 0 Å². The fraction of sp³-hybridized carbons (Fsp3) is 0.273. The number of rotatable bonds is 2. The summed E-state index contributed by atoms with van der Waals surface area (Å²) >= 11 is 0. The van der Waals surface area contributed by atoms with Gasteiger partial charge in [0.2, 0.25) is 0 Å². The number of hydrogen-bond donors (Lipinski definition) is 1. The smallest absolute Gasteiger partial charge is 0.354 e. The highest BCUT2D eigenvalue weighted by Crippen LogP contribution is 2.17. The van der Waals surface area contributed by atoms with Gasteiger partial charge in [-0.05, 0) is 13.0 Å². The number of aromatic nitrogens is 2. The average molecular weight is 219 g/mol. The van der Waals surface area contributed by atoms with Crippen LogP contribution in [0.4, 0.5) is 5.69 Å². The first kappa shape index (κ1) is 10.5. The van der Waals surface area contributed by atoms with Crippen LogP contribution in [0.3, 0.4) is 0 Å². The van der Waals surface area contributed by atoms with Crippen molar-refractivity contribution in [1.29, 1.82) is 0 Å². The summed E-state index contributed by atoms with van der Waals surface area (Å²) in [5.41, 5.74) is 2.40. The summed E-state index contributed by atoms with van der Waals surface area (Å²) in [5.74, 6) is -0.956. The maximum Gasteiger partial charge on any atom is 0.354 e. The van der Waals surface area contributed by atoms with Crippen molar-refractivity contribution in [3.05, 3.63) is 29.7 Å². The van der Waals surface area contributed by atoms with Crippen molar-refractivity contribution in [3.8, 4) is 0 Å². The topological polar surface area (TPSA) is 57.8 Å². The van der Waals surface area contributed by atoms with Gasteiger partial charge in [0.25, 0.3) is 0 Å². The second-order valence-electron chi connectivity index (χ2n) is 3.86. The molecule has 0 atom stereocenters. The monoisotopic (exact) mass is 219 g/mol. The first-order chi connectivity index (χ1) is 7.50. The Morgan fingerprint density at radius 2 is 2.19 bits per heavy atom. The Morgan fingerprint density at radius 3 is 2.75 bits per heavy atom. The highest BCUT2D eigenvalue weighted by molar-refractivity contribution is 5.88. The number of fused-ring (bicyclic) bond motifs is 1. The van der Waals surface area contributed by atoms with Crippen LogP contribution >= 0.6 is 0 Å². The highest BCUT2D eigenvalue weighted by atomic mass is 16.4. The molecule has 1 N–H and O–H groups in total. The summed E-state index contributed by atoms with van der Waals surface area (Å²) in [6.07, 6.45) is 1.73. The Labute approximate surface area is 92.9 Å². The lowest BCUT2D eigenvalue weighted by atomic mass is 10.3. The molecule has 2 heterocycles. The molecule has 0 unspecified atom stereocenters. The normalized spacial score (nSPS) is 10.7. The minimum absolute atomic E-state index is 0.223. The summed E-state index contributed by atoms with van der Waals surface area (Å²) in [7, 11) is 3.86. The third-order valence-corrected chi connectivity index (χ3v) is 2.50. The van der Waals surface area contributed by atoms with Crippen molar-refractivity contribution in [1.82, 2.24) is 9.38 Å². The molecule has 5 nitrogen and oxygen atoms in total. The van der Waals surface area contributed by atoms with Gasteiger partial charge in [0, 0.05) is 32.0 Å². The Bertz CT molecular complexity index is 558. The van der Waals surface area contributed by atoms with Crippen LogP contribution in [0.1, 0.15) is 16.2 Å². The van der Waals surface area contributed by atoms with E-state index in [0.29, 0.717) is 11.3 Å². The van der Waals surface area contributed by atoms with Gasteiger partial charge in [0.1, 0.15) is 5.65 Å². The molecule has 2 rings (SSSR count). The van der Waals surface area contributed by atoms with Crippen molar-refractivity contribution >= 4 is 17.3 Å². The summed E-state index contributed by atoms with van der Waals surface area (Å²) in [6, 6.07) is 3.72. The standard InChI is InChI=1S/C11H13N3O2/c1-7-10(11(15)16)14-5-4-8(13(2)3)6-9(14)12-7/h4-6H,1-3H3,(H,15,16). The van der Waals surface area contributed by atoms with E-state index in [9.17, 15) is 4.79 Å². The maximum atomic E-state index is 11.0. The zero-order valence-electron chi connectivity index (χ0n) is 9.43. The summed E-state index contributed by atoms with van der Waals surface area (Å²) in [5, 5.41) is 9.06. The van der Waals surface area contributed by atoms with Gasteiger partial charge in [-0.2, -0.15) is 0 Å². The second-order valence-corrected chi connectivity index (χ2v) is 3.86. The second kappa shape index (κ2) is 3.52. The van der Waals surface area contributed by atoms with Gasteiger partial charge in [-0.25, -0.2) is 9.78 Å². The molecular formula is C11H13N3O2. The predicted molar refractivity (Wildman–Crippen MR) is 61.2 cm³/mol. The van der Waals surface area contributed by atoms with Crippen LogP contribution in [-0.4, -0.2) is 34.6 Å². The van der Waals surface area contributed by atoms with Gasteiger partial charge in [0.05, 0.1) is 5.69 Å². The van der Waals surface area contributed by atoms with E-state index in [-0.39, 0.29) is 5.69 Å². The van der Waals surface area contributed by atoms with Crippen molar-refractivity contribution in [3.63, 3.8) is 0 Å². The van der Waals surface area contributed by atoms with Gasteiger partial charge >= 0.3 is 5.97 Å². The molecule has 0 aliphatic carbocycles. The highest BCUT2D eigenvalue weighted by Gasteiger charge is 2.15. The molecule has 0 radical (unpaired) electrons. The lowest BCUT2D eigenvalue weighted by molar-refractivity contribution is 0.0688. The molecule has 84 valence electrons. The fourth-order valence-electron chi connectivity index (χ4n) is 1.69. The van der Waals surface area contributed by atoms with Crippen molar-refractivity contribution in [2.45, 2.75) is 6.92 Å². The molecule has 2 aromatic rings. The van der Waals surface area contributed by atoms with Crippen molar-refractivity contribution in [2.24, 2.45) is 0 Å². The van der Waals surface area contributed by atoms with Gasteiger partial charge in [-0.3, -0.25) is 4.40 Å². The van der Waals surface area contributed by atoms with Crippen LogP contribution in [-0.2, 0) is 0 Å². The molecule has 0 amide bonds. The van der Waals surface area contributed by atoms with E-state index in [4.69, 9.17) is 5.11 Å². The molecule has 0 saturated heterocycles. The molecule has 0 saturated carbocycles. The van der Waals surface area contributed by atoms with E-state index in [1.54, 1.807) is 17.5 Å². The first-order valence-electron chi connectivity index (χ1n) is 4.90. The number of pyridine rings is 1. The number of carbonyl (C=O) groups is 1. The zero-order valence-corrected chi connectivity index (χ0v) is 9.43. The van der Waals surface area contributed by atoms with Crippen molar-refractivity contribution in [2.75, 3.05) is 19.0 Å². The number of nitrogens with zero attached hydrogens (tertiary/aromatic N) is 3.